The van der Waals surface area contributed by atoms with Crippen molar-refractivity contribution in [3.63, 3.8) is 0 Å². The standard InChI is InChI=1S/C10H2F11NO/c11-2-1-3(5(13)6(14)4(2)12)22-7(23)8(15,16)9(17,18)10(19,20)21/h1H,(H,22,23). The second-order valence-electron chi connectivity index (χ2n) is 3.95. The molecular formula is C10H2F11NO. The van der Waals surface area contributed by atoms with Gasteiger partial charge in [-0.1, -0.05) is 0 Å². The summed E-state index contributed by atoms with van der Waals surface area (Å²) < 4.78 is 138. The first-order valence-corrected chi connectivity index (χ1v) is 5.11. The molecule has 0 aliphatic carbocycles. The summed E-state index contributed by atoms with van der Waals surface area (Å²) in [6, 6.07) is -0.423. The summed E-state index contributed by atoms with van der Waals surface area (Å²) in [5.41, 5.74) is -1.90. The van der Waals surface area contributed by atoms with Crippen LogP contribution in [0.15, 0.2) is 6.07 Å². The highest BCUT2D eigenvalue weighted by molar-refractivity contribution is 5.97. The molecule has 1 aromatic rings. The van der Waals surface area contributed by atoms with Gasteiger partial charge in [0.05, 0.1) is 5.69 Å². The van der Waals surface area contributed by atoms with Crippen LogP contribution in [0, 0.1) is 23.3 Å². The second-order valence-corrected chi connectivity index (χ2v) is 3.95. The monoisotopic (exact) mass is 361 g/mol. The number of carbonyl (C=O) groups excluding carboxylic acids is 1. The quantitative estimate of drug-likeness (QED) is 0.492. The Morgan fingerprint density at radius 2 is 1.30 bits per heavy atom. The van der Waals surface area contributed by atoms with E-state index in [1.165, 1.54) is 0 Å². The highest BCUT2D eigenvalue weighted by atomic mass is 19.4. The van der Waals surface area contributed by atoms with E-state index in [2.05, 4.69) is 0 Å². The van der Waals surface area contributed by atoms with Crippen LogP contribution in [0.1, 0.15) is 0 Å². The van der Waals surface area contributed by atoms with Crippen molar-refractivity contribution in [2.75, 3.05) is 5.32 Å². The zero-order chi connectivity index (χ0) is 18.4. The number of hydrogen-bond donors (Lipinski definition) is 1. The third kappa shape index (κ3) is 3.03. The average molecular weight is 361 g/mol. The van der Waals surface area contributed by atoms with Gasteiger partial charge >= 0.3 is 23.9 Å². The molecule has 0 aliphatic rings. The Morgan fingerprint density at radius 3 is 1.74 bits per heavy atom. The van der Waals surface area contributed by atoms with Gasteiger partial charge in [-0.15, -0.1) is 0 Å². The molecule has 0 unspecified atom stereocenters. The lowest BCUT2D eigenvalue weighted by Crippen LogP contribution is -2.57. The fraction of sp³-hybridized carbons (Fsp3) is 0.300. The van der Waals surface area contributed by atoms with E-state index >= 15 is 0 Å². The van der Waals surface area contributed by atoms with E-state index in [4.69, 9.17) is 0 Å². The SMILES string of the molecule is O=C(Nc1cc(F)c(F)c(F)c1F)C(F)(F)C(F)(F)C(F)(F)F. The van der Waals surface area contributed by atoms with Crippen molar-refractivity contribution in [1.82, 2.24) is 0 Å². The molecule has 0 spiro atoms. The number of rotatable bonds is 3. The van der Waals surface area contributed by atoms with Crippen LogP contribution in [0.25, 0.3) is 0 Å². The highest BCUT2D eigenvalue weighted by Gasteiger charge is 2.76. The van der Waals surface area contributed by atoms with Crippen molar-refractivity contribution in [2.24, 2.45) is 0 Å². The molecule has 0 atom stereocenters. The lowest BCUT2D eigenvalue weighted by molar-refractivity contribution is -0.343. The zero-order valence-electron chi connectivity index (χ0n) is 10.1. The van der Waals surface area contributed by atoms with Gasteiger partial charge in [-0.3, -0.25) is 4.79 Å². The van der Waals surface area contributed by atoms with Crippen molar-refractivity contribution in [3.05, 3.63) is 29.3 Å². The first kappa shape index (κ1) is 19.0. The van der Waals surface area contributed by atoms with Crippen molar-refractivity contribution < 1.29 is 53.1 Å². The van der Waals surface area contributed by atoms with Crippen LogP contribution in [-0.2, 0) is 4.79 Å². The molecule has 0 fully saturated rings. The lowest BCUT2D eigenvalue weighted by Gasteiger charge is -2.27. The number of amides is 1. The summed E-state index contributed by atoms with van der Waals surface area (Å²) in [6.45, 7) is 0. The summed E-state index contributed by atoms with van der Waals surface area (Å²) in [4.78, 5) is 10.8. The second kappa shape index (κ2) is 5.53. The minimum absolute atomic E-state index is 0.423. The number of benzene rings is 1. The lowest BCUT2D eigenvalue weighted by atomic mass is 10.1. The molecule has 0 saturated heterocycles. The molecule has 13 heteroatoms. The summed E-state index contributed by atoms with van der Waals surface area (Å²) in [7, 11) is 0. The molecule has 0 bridgehead atoms. The molecule has 0 heterocycles. The van der Waals surface area contributed by atoms with Crippen LogP contribution >= 0.6 is 0 Å². The zero-order valence-corrected chi connectivity index (χ0v) is 10.1. The molecule has 1 amide bonds. The summed E-state index contributed by atoms with van der Waals surface area (Å²) >= 11 is 0. The normalized spacial score (nSPS) is 13.2. The third-order valence-electron chi connectivity index (χ3n) is 2.39. The van der Waals surface area contributed by atoms with E-state index < -0.39 is 59.0 Å². The largest absolute Gasteiger partial charge is 0.460 e. The minimum atomic E-state index is -6.86. The van der Waals surface area contributed by atoms with Crippen LogP contribution in [0.5, 0.6) is 0 Å². The Kier molecular flexibility index (Phi) is 4.56. The van der Waals surface area contributed by atoms with Crippen LogP contribution in [0.4, 0.5) is 54.0 Å². The van der Waals surface area contributed by atoms with Crippen LogP contribution in [0.3, 0.4) is 0 Å². The van der Waals surface area contributed by atoms with Gasteiger partial charge < -0.3 is 5.32 Å². The van der Waals surface area contributed by atoms with E-state index in [1.54, 1.807) is 0 Å². The van der Waals surface area contributed by atoms with Crippen LogP contribution in [-0.4, -0.2) is 23.9 Å². The Morgan fingerprint density at radius 1 is 0.826 bits per heavy atom. The maximum absolute atomic E-state index is 13.1. The number of alkyl halides is 7. The number of nitrogens with one attached hydrogen (secondary N) is 1. The molecule has 1 rings (SSSR count). The van der Waals surface area contributed by atoms with E-state index in [-0.39, 0.29) is 0 Å². The average Bonchev–Trinajstić information content (AvgIpc) is 2.40. The summed E-state index contributed by atoms with van der Waals surface area (Å²) in [5, 5.41) is 0.447. The van der Waals surface area contributed by atoms with Gasteiger partial charge in [-0.25, -0.2) is 17.6 Å². The van der Waals surface area contributed by atoms with E-state index in [1.807, 2.05) is 0 Å². The van der Waals surface area contributed by atoms with Gasteiger partial charge in [0.25, 0.3) is 0 Å². The van der Waals surface area contributed by atoms with E-state index in [9.17, 15) is 53.1 Å². The third-order valence-corrected chi connectivity index (χ3v) is 2.39. The molecule has 0 radical (unpaired) electrons. The van der Waals surface area contributed by atoms with Gasteiger partial charge in [0.1, 0.15) is 0 Å². The molecule has 1 N–H and O–H groups in total. The number of anilines is 1. The van der Waals surface area contributed by atoms with Crippen LogP contribution < -0.4 is 5.32 Å². The Labute approximate surface area is 118 Å². The van der Waals surface area contributed by atoms with Crippen molar-refractivity contribution in [3.8, 4) is 0 Å². The molecule has 0 aromatic heterocycles. The van der Waals surface area contributed by atoms with Crippen LogP contribution in [0.2, 0.25) is 0 Å². The topological polar surface area (TPSA) is 29.1 Å². The molecular weight excluding hydrogens is 359 g/mol. The molecule has 0 saturated carbocycles. The predicted octanol–water partition coefficient (Wildman–Crippen LogP) is 4.01. The summed E-state index contributed by atoms with van der Waals surface area (Å²) in [5.74, 6) is -26.5. The molecule has 130 valence electrons. The fourth-order valence-electron chi connectivity index (χ4n) is 1.19. The molecule has 2 nitrogen and oxygen atoms in total. The van der Waals surface area contributed by atoms with Crippen molar-refractivity contribution >= 4 is 11.6 Å². The maximum Gasteiger partial charge on any atom is 0.460 e. The molecule has 0 aliphatic heterocycles. The van der Waals surface area contributed by atoms with Gasteiger partial charge in [-0.05, 0) is 0 Å². The fourth-order valence-corrected chi connectivity index (χ4v) is 1.19. The predicted molar refractivity (Wildman–Crippen MR) is 50.9 cm³/mol. The summed E-state index contributed by atoms with van der Waals surface area (Å²) in [6.07, 6.45) is -6.86. The minimum Gasteiger partial charge on any atom is -0.318 e. The molecule has 1 aromatic carbocycles. The van der Waals surface area contributed by atoms with Gasteiger partial charge in [-0.2, -0.15) is 30.7 Å². The first-order valence-electron chi connectivity index (χ1n) is 5.11. The highest BCUT2D eigenvalue weighted by Crippen LogP contribution is 2.47. The number of carbonyl (C=O) groups is 1. The Hall–Kier alpha value is -2.08. The van der Waals surface area contributed by atoms with E-state index in [0.29, 0.717) is 5.32 Å². The molecule has 23 heavy (non-hydrogen) atoms. The number of halogens is 11. The Balaban J connectivity index is 3.24. The number of hydrogen-bond acceptors (Lipinski definition) is 1. The van der Waals surface area contributed by atoms with Crippen molar-refractivity contribution in [2.45, 2.75) is 18.0 Å². The smallest absolute Gasteiger partial charge is 0.318 e. The van der Waals surface area contributed by atoms with Crippen molar-refractivity contribution in [1.29, 1.82) is 0 Å². The van der Waals surface area contributed by atoms with Gasteiger partial charge in [0.15, 0.2) is 23.3 Å². The first-order chi connectivity index (χ1) is 10.1. The van der Waals surface area contributed by atoms with E-state index in [0.717, 1.165) is 0 Å². The van der Waals surface area contributed by atoms with Gasteiger partial charge in [0, 0.05) is 6.07 Å². The Bertz CT molecular complexity index is 637. The maximum atomic E-state index is 13.1. The van der Waals surface area contributed by atoms with Gasteiger partial charge in [0.2, 0.25) is 0 Å².